The monoisotopic (exact) mass is 364 g/mol. The first-order valence-corrected chi connectivity index (χ1v) is 9.41. The minimum atomic E-state index is -3.70. The molecule has 1 aliphatic rings. The van der Waals surface area contributed by atoms with Gasteiger partial charge in [0.1, 0.15) is 0 Å². The third-order valence-corrected chi connectivity index (χ3v) is 5.40. The fourth-order valence-corrected chi connectivity index (χ4v) is 3.49. The summed E-state index contributed by atoms with van der Waals surface area (Å²) < 4.78 is 27.3. The lowest BCUT2D eigenvalue weighted by Crippen LogP contribution is -2.25. The average molecular weight is 365 g/mol. The van der Waals surface area contributed by atoms with Crippen LogP contribution in [0.4, 0.5) is 5.69 Å². The van der Waals surface area contributed by atoms with E-state index in [1.54, 1.807) is 25.1 Å². The van der Waals surface area contributed by atoms with Crippen LogP contribution in [0.2, 0.25) is 5.02 Å². The van der Waals surface area contributed by atoms with Crippen LogP contribution in [0.15, 0.2) is 47.4 Å². The van der Waals surface area contributed by atoms with Crippen molar-refractivity contribution in [2.45, 2.75) is 30.7 Å². The molecular weight excluding hydrogens is 348 g/mol. The number of carbonyl (C=O) groups excluding carboxylic acids is 1. The summed E-state index contributed by atoms with van der Waals surface area (Å²) in [5.74, 6) is -0.132. The summed E-state index contributed by atoms with van der Waals surface area (Å²) in [5, 5.41) is 3.37. The smallest absolute Gasteiger partial charge is 0.261 e. The Hall–Kier alpha value is -2.05. The molecule has 3 rings (SSSR count). The highest BCUT2D eigenvalue weighted by Crippen LogP contribution is 2.23. The average Bonchev–Trinajstić information content (AvgIpc) is 3.33. The van der Waals surface area contributed by atoms with E-state index >= 15 is 0 Å². The van der Waals surface area contributed by atoms with E-state index in [2.05, 4.69) is 10.0 Å². The molecule has 126 valence electrons. The molecule has 1 fully saturated rings. The number of carbonyl (C=O) groups is 1. The third-order valence-electron chi connectivity index (χ3n) is 3.77. The minimum absolute atomic E-state index is 0.127. The molecule has 2 aromatic carbocycles. The molecule has 7 heteroatoms. The van der Waals surface area contributed by atoms with Gasteiger partial charge in [0.05, 0.1) is 10.6 Å². The standard InChI is InChI=1S/C17H17ClN2O3S/c1-11-10-12(17(21)19-14-5-6-14)2-9-16(11)20-24(22,23)15-7-3-13(18)4-8-15/h2-4,7-10,14,20H,5-6H2,1H3,(H,19,21). The summed E-state index contributed by atoms with van der Waals surface area (Å²) in [6.07, 6.45) is 2.04. The van der Waals surface area contributed by atoms with Crippen molar-refractivity contribution in [3.05, 3.63) is 58.6 Å². The Morgan fingerprint density at radius 1 is 1.12 bits per heavy atom. The lowest BCUT2D eigenvalue weighted by atomic mass is 10.1. The fraction of sp³-hybridized carbons (Fsp3) is 0.235. The summed E-state index contributed by atoms with van der Waals surface area (Å²) in [6, 6.07) is 11.1. The zero-order valence-electron chi connectivity index (χ0n) is 13.0. The summed E-state index contributed by atoms with van der Waals surface area (Å²) in [6.45, 7) is 1.76. The van der Waals surface area contributed by atoms with Crippen molar-refractivity contribution >= 4 is 33.2 Å². The molecule has 0 unspecified atom stereocenters. The van der Waals surface area contributed by atoms with Crippen LogP contribution >= 0.6 is 11.6 Å². The second-order valence-corrected chi connectivity index (χ2v) is 7.96. The van der Waals surface area contributed by atoms with Crippen LogP contribution in [0.5, 0.6) is 0 Å². The normalized spacial score (nSPS) is 14.2. The topological polar surface area (TPSA) is 75.3 Å². The van der Waals surface area contributed by atoms with Crippen molar-refractivity contribution in [3.8, 4) is 0 Å². The number of nitrogens with one attached hydrogen (secondary N) is 2. The molecule has 2 N–H and O–H groups in total. The number of sulfonamides is 1. The Labute approximate surface area is 146 Å². The van der Waals surface area contributed by atoms with Gasteiger partial charge in [0, 0.05) is 16.6 Å². The highest BCUT2D eigenvalue weighted by atomic mass is 35.5. The van der Waals surface area contributed by atoms with E-state index in [-0.39, 0.29) is 16.8 Å². The van der Waals surface area contributed by atoms with Crippen molar-refractivity contribution in [1.82, 2.24) is 5.32 Å². The van der Waals surface area contributed by atoms with Gasteiger partial charge in [-0.2, -0.15) is 0 Å². The van der Waals surface area contributed by atoms with E-state index in [0.717, 1.165) is 12.8 Å². The number of amides is 1. The van der Waals surface area contributed by atoms with E-state index in [4.69, 9.17) is 11.6 Å². The van der Waals surface area contributed by atoms with Gasteiger partial charge in [-0.25, -0.2) is 8.42 Å². The van der Waals surface area contributed by atoms with Crippen LogP contribution in [0.1, 0.15) is 28.8 Å². The molecule has 0 spiro atoms. The van der Waals surface area contributed by atoms with Gasteiger partial charge in [-0.05, 0) is 67.8 Å². The number of aryl methyl sites for hydroxylation is 1. The summed E-state index contributed by atoms with van der Waals surface area (Å²) in [5.41, 5.74) is 1.64. The summed E-state index contributed by atoms with van der Waals surface area (Å²) in [7, 11) is -3.70. The molecule has 1 saturated carbocycles. The van der Waals surface area contributed by atoms with Crippen molar-refractivity contribution in [2.75, 3.05) is 4.72 Å². The van der Waals surface area contributed by atoms with E-state index in [1.165, 1.54) is 24.3 Å². The van der Waals surface area contributed by atoms with Crippen LogP contribution < -0.4 is 10.0 Å². The molecule has 24 heavy (non-hydrogen) atoms. The van der Waals surface area contributed by atoms with E-state index < -0.39 is 10.0 Å². The van der Waals surface area contributed by atoms with Gasteiger partial charge in [0.2, 0.25) is 0 Å². The van der Waals surface area contributed by atoms with E-state index in [0.29, 0.717) is 21.8 Å². The molecule has 0 aromatic heterocycles. The first-order valence-electron chi connectivity index (χ1n) is 7.55. The number of benzene rings is 2. The Morgan fingerprint density at radius 2 is 1.79 bits per heavy atom. The first-order chi connectivity index (χ1) is 11.3. The highest BCUT2D eigenvalue weighted by Gasteiger charge is 2.24. The lowest BCUT2D eigenvalue weighted by molar-refractivity contribution is 0.0951. The molecule has 0 aliphatic heterocycles. The second kappa shape index (κ2) is 6.45. The molecule has 0 heterocycles. The molecule has 1 amide bonds. The van der Waals surface area contributed by atoms with Gasteiger partial charge in [-0.1, -0.05) is 11.6 Å². The van der Waals surface area contributed by atoms with Crippen molar-refractivity contribution in [3.63, 3.8) is 0 Å². The van der Waals surface area contributed by atoms with Gasteiger partial charge >= 0.3 is 0 Å². The largest absolute Gasteiger partial charge is 0.349 e. The van der Waals surface area contributed by atoms with Crippen LogP contribution in [0, 0.1) is 6.92 Å². The predicted molar refractivity (Wildman–Crippen MR) is 93.9 cm³/mol. The number of rotatable bonds is 5. The Bertz CT molecular complexity index is 875. The van der Waals surface area contributed by atoms with Crippen LogP contribution in [0.3, 0.4) is 0 Å². The maximum Gasteiger partial charge on any atom is 0.261 e. The molecule has 0 bridgehead atoms. The Balaban J connectivity index is 1.79. The zero-order chi connectivity index (χ0) is 17.3. The maximum atomic E-state index is 12.4. The zero-order valence-corrected chi connectivity index (χ0v) is 14.6. The van der Waals surface area contributed by atoms with Gasteiger partial charge in [-0.3, -0.25) is 9.52 Å². The van der Waals surface area contributed by atoms with Crippen LogP contribution in [0.25, 0.3) is 0 Å². The number of hydrogen-bond donors (Lipinski definition) is 2. The number of hydrogen-bond acceptors (Lipinski definition) is 3. The van der Waals surface area contributed by atoms with Crippen LogP contribution in [-0.2, 0) is 10.0 Å². The highest BCUT2D eigenvalue weighted by molar-refractivity contribution is 7.92. The van der Waals surface area contributed by atoms with Crippen molar-refractivity contribution in [2.24, 2.45) is 0 Å². The van der Waals surface area contributed by atoms with Gasteiger partial charge in [0.25, 0.3) is 15.9 Å². The van der Waals surface area contributed by atoms with Crippen molar-refractivity contribution in [1.29, 1.82) is 0 Å². The summed E-state index contributed by atoms with van der Waals surface area (Å²) >= 11 is 5.78. The molecule has 0 atom stereocenters. The molecule has 2 aromatic rings. The van der Waals surface area contributed by atoms with Gasteiger partial charge in [-0.15, -0.1) is 0 Å². The Kier molecular flexibility index (Phi) is 4.51. The first kappa shape index (κ1) is 16.8. The molecule has 1 aliphatic carbocycles. The molecular formula is C17H17ClN2O3S. The molecule has 0 radical (unpaired) electrons. The minimum Gasteiger partial charge on any atom is -0.349 e. The lowest BCUT2D eigenvalue weighted by Gasteiger charge is -2.12. The predicted octanol–water partition coefficient (Wildman–Crippen LogP) is 3.34. The quantitative estimate of drug-likeness (QED) is 0.854. The summed E-state index contributed by atoms with van der Waals surface area (Å²) in [4.78, 5) is 12.2. The fourth-order valence-electron chi connectivity index (χ4n) is 2.23. The molecule has 0 saturated heterocycles. The number of halogens is 1. The SMILES string of the molecule is Cc1cc(C(=O)NC2CC2)ccc1NS(=O)(=O)c1ccc(Cl)cc1. The second-order valence-electron chi connectivity index (χ2n) is 5.84. The van der Waals surface area contributed by atoms with E-state index in [9.17, 15) is 13.2 Å². The van der Waals surface area contributed by atoms with Gasteiger partial charge < -0.3 is 5.32 Å². The van der Waals surface area contributed by atoms with Gasteiger partial charge in [0.15, 0.2) is 0 Å². The third kappa shape index (κ3) is 3.88. The van der Waals surface area contributed by atoms with Crippen LogP contribution in [-0.4, -0.2) is 20.4 Å². The Morgan fingerprint density at radius 3 is 2.38 bits per heavy atom. The maximum absolute atomic E-state index is 12.4. The number of anilines is 1. The molecule has 5 nitrogen and oxygen atoms in total. The van der Waals surface area contributed by atoms with Crippen molar-refractivity contribution < 1.29 is 13.2 Å². The van der Waals surface area contributed by atoms with E-state index in [1.807, 2.05) is 0 Å².